The van der Waals surface area contributed by atoms with Crippen LogP contribution in [0.5, 0.6) is 17.2 Å². The molecule has 1 aliphatic carbocycles. The third-order valence-electron chi connectivity index (χ3n) is 6.24. The van der Waals surface area contributed by atoms with Gasteiger partial charge in [-0.25, -0.2) is 4.79 Å². The third kappa shape index (κ3) is 7.15. The highest BCUT2D eigenvalue weighted by molar-refractivity contribution is 6.30. The first-order chi connectivity index (χ1) is 17.1. The minimum Gasteiger partial charge on any atom is -0.490 e. The third-order valence-corrected chi connectivity index (χ3v) is 6.50. The fourth-order valence-electron chi connectivity index (χ4n) is 4.34. The molecule has 4 rings (SSSR count). The summed E-state index contributed by atoms with van der Waals surface area (Å²) in [5.41, 5.74) is 2.03. The molecule has 0 amide bonds. The van der Waals surface area contributed by atoms with Crippen LogP contribution in [-0.2, 0) is 9.53 Å². The van der Waals surface area contributed by atoms with Crippen LogP contribution < -0.4 is 14.2 Å². The summed E-state index contributed by atoms with van der Waals surface area (Å²) >= 11 is 5.88. The lowest BCUT2D eigenvalue weighted by molar-refractivity contribution is -0.149. The molecule has 5 nitrogen and oxygen atoms in total. The average molecular weight is 495 g/mol. The summed E-state index contributed by atoms with van der Waals surface area (Å²) in [7, 11) is 1.36. The number of carbonyl (C=O) groups excluding carboxylic acids is 1. The highest BCUT2D eigenvalue weighted by Crippen LogP contribution is 2.34. The topological polar surface area (TPSA) is 54.0 Å². The maximum absolute atomic E-state index is 12.5. The summed E-state index contributed by atoms with van der Waals surface area (Å²) in [6, 6.07) is 22.5. The lowest BCUT2D eigenvalue weighted by Gasteiger charge is -2.22. The van der Waals surface area contributed by atoms with E-state index in [2.05, 4.69) is 12.1 Å². The standard InChI is InChI=1S/C29H31ClO5/c1-32-29(31)28(35-27-15-7-22(8-16-27)21-5-3-2-4-6-21)23-9-13-25(14-10-23)33-19-20-34-26-17-11-24(30)12-18-26/h7-18,21,28H,2-6,19-20H2,1H3. The predicted octanol–water partition coefficient (Wildman–Crippen LogP) is 7.14. The van der Waals surface area contributed by atoms with Gasteiger partial charge in [-0.15, -0.1) is 0 Å². The zero-order valence-corrected chi connectivity index (χ0v) is 20.7. The van der Waals surface area contributed by atoms with Gasteiger partial charge in [0.25, 0.3) is 0 Å². The quantitative estimate of drug-likeness (QED) is 0.221. The fraction of sp³-hybridized carbons (Fsp3) is 0.345. The number of esters is 1. The number of methoxy groups -OCH3 is 1. The molecule has 3 aromatic carbocycles. The Bertz CT molecular complexity index is 1060. The van der Waals surface area contributed by atoms with Crippen LogP contribution in [0.3, 0.4) is 0 Å². The molecule has 35 heavy (non-hydrogen) atoms. The number of carbonyl (C=O) groups is 1. The second-order valence-corrected chi connectivity index (χ2v) is 9.08. The van der Waals surface area contributed by atoms with Crippen LogP contribution >= 0.6 is 11.6 Å². The van der Waals surface area contributed by atoms with Crippen LogP contribution in [0.1, 0.15) is 55.3 Å². The lowest BCUT2D eigenvalue weighted by atomic mass is 9.84. The number of hydrogen-bond donors (Lipinski definition) is 0. The smallest absolute Gasteiger partial charge is 0.351 e. The van der Waals surface area contributed by atoms with Crippen LogP contribution in [0.2, 0.25) is 5.02 Å². The van der Waals surface area contributed by atoms with E-state index in [9.17, 15) is 4.79 Å². The van der Waals surface area contributed by atoms with Gasteiger partial charge in [0, 0.05) is 10.6 Å². The van der Waals surface area contributed by atoms with Crippen molar-refractivity contribution in [2.45, 2.75) is 44.1 Å². The molecule has 3 aromatic rings. The van der Waals surface area contributed by atoms with Crippen molar-refractivity contribution < 1.29 is 23.7 Å². The fourth-order valence-corrected chi connectivity index (χ4v) is 4.46. The van der Waals surface area contributed by atoms with Gasteiger partial charge in [0.15, 0.2) is 0 Å². The highest BCUT2D eigenvalue weighted by atomic mass is 35.5. The van der Waals surface area contributed by atoms with Crippen LogP contribution in [0.15, 0.2) is 72.8 Å². The molecule has 1 fully saturated rings. The summed E-state index contributed by atoms with van der Waals surface area (Å²) in [4.78, 5) is 12.5. The normalized spacial score (nSPS) is 14.7. The molecule has 1 aliphatic rings. The maximum Gasteiger partial charge on any atom is 0.351 e. The lowest BCUT2D eigenvalue weighted by Crippen LogP contribution is -2.20. The van der Waals surface area contributed by atoms with E-state index < -0.39 is 12.1 Å². The van der Waals surface area contributed by atoms with Gasteiger partial charge in [0.05, 0.1) is 7.11 Å². The summed E-state index contributed by atoms with van der Waals surface area (Å²) in [5, 5.41) is 0.666. The largest absolute Gasteiger partial charge is 0.490 e. The van der Waals surface area contributed by atoms with Gasteiger partial charge >= 0.3 is 5.97 Å². The average Bonchev–Trinajstić information content (AvgIpc) is 2.91. The van der Waals surface area contributed by atoms with Gasteiger partial charge in [-0.05, 0) is 72.9 Å². The van der Waals surface area contributed by atoms with Crippen molar-refractivity contribution in [3.05, 3.63) is 88.9 Å². The number of ether oxygens (including phenoxy) is 4. The first-order valence-corrected chi connectivity index (χ1v) is 12.5. The van der Waals surface area contributed by atoms with E-state index >= 15 is 0 Å². The first kappa shape index (κ1) is 24.9. The summed E-state index contributed by atoms with van der Waals surface area (Å²) in [6.07, 6.45) is 5.55. The number of benzene rings is 3. The Morgan fingerprint density at radius 3 is 1.91 bits per heavy atom. The molecule has 0 spiro atoms. The molecule has 0 N–H and O–H groups in total. The van der Waals surface area contributed by atoms with Crippen molar-refractivity contribution in [3.8, 4) is 17.2 Å². The van der Waals surface area contributed by atoms with Crippen molar-refractivity contribution in [2.75, 3.05) is 20.3 Å². The van der Waals surface area contributed by atoms with Crippen LogP contribution in [0, 0.1) is 0 Å². The summed E-state index contributed by atoms with van der Waals surface area (Å²) in [6.45, 7) is 0.778. The molecule has 0 heterocycles. The Morgan fingerprint density at radius 1 is 0.800 bits per heavy atom. The van der Waals surface area contributed by atoms with E-state index in [4.69, 9.17) is 30.5 Å². The molecule has 0 radical (unpaired) electrons. The van der Waals surface area contributed by atoms with Crippen molar-refractivity contribution in [1.29, 1.82) is 0 Å². The minimum absolute atomic E-state index is 0.381. The van der Waals surface area contributed by atoms with E-state index in [1.165, 1.54) is 44.8 Å². The summed E-state index contributed by atoms with van der Waals surface area (Å²) < 4.78 is 22.4. The molecule has 184 valence electrons. The molecular formula is C29H31ClO5. The summed E-state index contributed by atoms with van der Waals surface area (Å²) in [5.74, 6) is 2.22. The van der Waals surface area contributed by atoms with Gasteiger partial charge in [0.1, 0.15) is 30.5 Å². The molecule has 1 saturated carbocycles. The SMILES string of the molecule is COC(=O)C(Oc1ccc(C2CCCCC2)cc1)c1ccc(OCCOc2ccc(Cl)cc2)cc1. The van der Waals surface area contributed by atoms with Crippen molar-refractivity contribution >= 4 is 17.6 Å². The molecule has 0 bridgehead atoms. The zero-order valence-electron chi connectivity index (χ0n) is 20.0. The molecule has 0 saturated heterocycles. The second-order valence-electron chi connectivity index (χ2n) is 8.64. The Labute approximate surface area is 211 Å². The van der Waals surface area contributed by atoms with Crippen LogP contribution in [0.4, 0.5) is 0 Å². The Kier molecular flexibility index (Phi) is 8.90. The molecule has 0 aliphatic heterocycles. The van der Waals surface area contributed by atoms with Gasteiger partial charge in [-0.3, -0.25) is 0 Å². The second kappa shape index (κ2) is 12.5. The van der Waals surface area contributed by atoms with E-state index in [0.29, 0.717) is 41.2 Å². The van der Waals surface area contributed by atoms with Crippen molar-refractivity contribution in [1.82, 2.24) is 0 Å². The molecule has 6 heteroatoms. The van der Waals surface area contributed by atoms with E-state index in [1.807, 2.05) is 48.5 Å². The van der Waals surface area contributed by atoms with Gasteiger partial charge in [0.2, 0.25) is 6.10 Å². The Balaban J connectivity index is 1.33. The van der Waals surface area contributed by atoms with Gasteiger partial charge in [-0.1, -0.05) is 55.1 Å². The molecule has 1 unspecified atom stereocenters. The Morgan fingerprint density at radius 2 is 1.34 bits per heavy atom. The minimum atomic E-state index is -0.859. The maximum atomic E-state index is 12.5. The van der Waals surface area contributed by atoms with Crippen molar-refractivity contribution in [2.24, 2.45) is 0 Å². The number of hydrogen-bond acceptors (Lipinski definition) is 5. The first-order valence-electron chi connectivity index (χ1n) is 12.1. The van der Waals surface area contributed by atoms with Crippen LogP contribution in [-0.4, -0.2) is 26.3 Å². The zero-order chi connectivity index (χ0) is 24.5. The van der Waals surface area contributed by atoms with Crippen molar-refractivity contribution in [3.63, 3.8) is 0 Å². The predicted molar refractivity (Wildman–Crippen MR) is 137 cm³/mol. The number of rotatable bonds is 10. The van der Waals surface area contributed by atoms with E-state index in [0.717, 1.165) is 5.75 Å². The molecular weight excluding hydrogens is 464 g/mol. The van der Waals surface area contributed by atoms with E-state index in [1.54, 1.807) is 12.1 Å². The molecule has 1 atom stereocenters. The van der Waals surface area contributed by atoms with Gasteiger partial charge < -0.3 is 18.9 Å². The number of halogens is 1. The monoisotopic (exact) mass is 494 g/mol. The van der Waals surface area contributed by atoms with Crippen LogP contribution in [0.25, 0.3) is 0 Å². The van der Waals surface area contributed by atoms with Gasteiger partial charge in [-0.2, -0.15) is 0 Å². The Hall–Kier alpha value is -3.18. The highest BCUT2D eigenvalue weighted by Gasteiger charge is 2.24. The van der Waals surface area contributed by atoms with E-state index in [-0.39, 0.29) is 0 Å². The molecule has 0 aromatic heterocycles.